The van der Waals surface area contributed by atoms with Crippen LogP contribution in [0.4, 0.5) is 0 Å². The maximum absolute atomic E-state index is 5.62. The molecule has 0 unspecified atom stereocenters. The second-order valence-electron chi connectivity index (χ2n) is 4.44. The largest absolute Gasteiger partial charge is 0.493 e. The van der Waals surface area contributed by atoms with E-state index in [0.717, 1.165) is 5.76 Å². The summed E-state index contributed by atoms with van der Waals surface area (Å²) in [5.41, 5.74) is 2.53. The topological polar surface area (TPSA) is 18.5 Å². The molecule has 0 N–H and O–H groups in total. The Balaban J connectivity index is 1.91. The zero-order chi connectivity index (χ0) is 12.1. The molecule has 1 aliphatic rings. The van der Waals surface area contributed by atoms with Crippen LogP contribution in [-0.2, 0) is 16.1 Å². The monoisotopic (exact) mass is 230 g/mol. The molecular weight excluding hydrogens is 212 g/mol. The van der Waals surface area contributed by atoms with E-state index in [-0.39, 0.29) is 0 Å². The van der Waals surface area contributed by atoms with Crippen LogP contribution >= 0.6 is 0 Å². The lowest BCUT2D eigenvalue weighted by Gasteiger charge is -2.11. The smallest absolute Gasteiger partial charge is 0.154 e. The maximum atomic E-state index is 5.62. The van der Waals surface area contributed by atoms with Gasteiger partial charge in [-0.15, -0.1) is 0 Å². The van der Waals surface area contributed by atoms with E-state index < -0.39 is 0 Å². The molecule has 0 aromatic heterocycles. The second-order valence-corrected chi connectivity index (χ2v) is 4.44. The predicted molar refractivity (Wildman–Crippen MR) is 68.5 cm³/mol. The minimum Gasteiger partial charge on any atom is -0.493 e. The fourth-order valence-corrected chi connectivity index (χ4v) is 1.64. The van der Waals surface area contributed by atoms with E-state index in [0.29, 0.717) is 19.1 Å². The lowest BCUT2D eigenvalue weighted by atomic mass is 10.0. The van der Waals surface area contributed by atoms with E-state index in [1.165, 1.54) is 11.1 Å². The highest BCUT2D eigenvalue weighted by molar-refractivity contribution is 5.24. The number of hydrogen-bond acceptors (Lipinski definition) is 2. The van der Waals surface area contributed by atoms with Gasteiger partial charge in [0.2, 0.25) is 0 Å². The van der Waals surface area contributed by atoms with E-state index in [2.05, 4.69) is 38.1 Å². The number of rotatable bonds is 4. The first-order chi connectivity index (χ1) is 8.25. The van der Waals surface area contributed by atoms with Crippen molar-refractivity contribution in [2.24, 2.45) is 0 Å². The summed E-state index contributed by atoms with van der Waals surface area (Å²) in [5, 5.41) is 0. The summed E-state index contributed by atoms with van der Waals surface area (Å²) in [6.07, 6.45) is 5.53. The summed E-state index contributed by atoms with van der Waals surface area (Å²) in [7, 11) is 0. The Bertz CT molecular complexity index is 413. The van der Waals surface area contributed by atoms with Crippen molar-refractivity contribution < 1.29 is 9.47 Å². The van der Waals surface area contributed by atoms with E-state index in [1.807, 2.05) is 12.2 Å². The van der Waals surface area contributed by atoms with Gasteiger partial charge in [-0.2, -0.15) is 0 Å². The Morgan fingerprint density at radius 1 is 1.24 bits per heavy atom. The van der Waals surface area contributed by atoms with Gasteiger partial charge in [0, 0.05) is 0 Å². The molecule has 1 aromatic rings. The molecule has 0 saturated carbocycles. The quantitative estimate of drug-likeness (QED) is 0.784. The van der Waals surface area contributed by atoms with Crippen molar-refractivity contribution in [1.82, 2.24) is 0 Å². The Morgan fingerprint density at radius 3 is 2.59 bits per heavy atom. The third kappa shape index (κ3) is 3.38. The van der Waals surface area contributed by atoms with Gasteiger partial charge >= 0.3 is 0 Å². The zero-order valence-electron chi connectivity index (χ0n) is 10.3. The van der Waals surface area contributed by atoms with Crippen LogP contribution in [0.5, 0.6) is 0 Å². The average molecular weight is 230 g/mol. The molecule has 0 fully saturated rings. The number of allylic oxidation sites excluding steroid dienone is 1. The molecule has 1 heterocycles. The molecule has 17 heavy (non-hydrogen) atoms. The van der Waals surface area contributed by atoms with Gasteiger partial charge in [0.05, 0.1) is 0 Å². The maximum Gasteiger partial charge on any atom is 0.154 e. The van der Waals surface area contributed by atoms with E-state index in [9.17, 15) is 0 Å². The van der Waals surface area contributed by atoms with Gasteiger partial charge in [-0.3, -0.25) is 0 Å². The molecule has 0 saturated heterocycles. The Hall–Kier alpha value is -1.70. The number of hydrogen-bond donors (Lipinski definition) is 0. The molecular formula is C15H18O2. The minimum atomic E-state index is 0.572. The van der Waals surface area contributed by atoms with Crippen molar-refractivity contribution >= 4 is 0 Å². The summed E-state index contributed by atoms with van der Waals surface area (Å²) >= 11 is 0. The minimum absolute atomic E-state index is 0.572. The molecule has 2 heteroatoms. The van der Waals surface area contributed by atoms with Crippen molar-refractivity contribution in [2.45, 2.75) is 26.4 Å². The fourth-order valence-electron chi connectivity index (χ4n) is 1.64. The van der Waals surface area contributed by atoms with Gasteiger partial charge in [0.25, 0.3) is 0 Å². The fraction of sp³-hybridized carbons (Fsp3) is 0.333. The first-order valence-electron chi connectivity index (χ1n) is 5.95. The van der Waals surface area contributed by atoms with Crippen molar-refractivity contribution in [3.8, 4) is 0 Å². The van der Waals surface area contributed by atoms with Crippen LogP contribution in [0.15, 0.2) is 48.4 Å². The summed E-state index contributed by atoms with van der Waals surface area (Å²) in [6.45, 7) is 5.61. The Labute approximate surface area is 103 Å². The summed E-state index contributed by atoms with van der Waals surface area (Å²) in [4.78, 5) is 0. The van der Waals surface area contributed by atoms with E-state index in [1.54, 1.807) is 6.26 Å². The standard InChI is InChI=1S/C15H18O2/c1-12(2)14-7-5-13(6-8-14)10-17-15-4-3-9-16-11-15/h3-8,11-12H,9-10H2,1-2H3. The highest BCUT2D eigenvalue weighted by atomic mass is 16.5. The van der Waals surface area contributed by atoms with Crippen LogP contribution in [0.3, 0.4) is 0 Å². The Morgan fingerprint density at radius 2 is 2.00 bits per heavy atom. The highest BCUT2D eigenvalue weighted by Crippen LogP contribution is 2.16. The van der Waals surface area contributed by atoms with Crippen LogP contribution in [0.2, 0.25) is 0 Å². The van der Waals surface area contributed by atoms with E-state index in [4.69, 9.17) is 9.47 Å². The lowest BCUT2D eigenvalue weighted by Crippen LogP contribution is -1.97. The normalized spacial score (nSPS) is 14.4. The van der Waals surface area contributed by atoms with Gasteiger partial charge in [0.15, 0.2) is 5.76 Å². The van der Waals surface area contributed by atoms with Gasteiger partial charge in [-0.25, -0.2) is 0 Å². The number of benzene rings is 1. The van der Waals surface area contributed by atoms with Crippen LogP contribution in [0.25, 0.3) is 0 Å². The molecule has 0 radical (unpaired) electrons. The van der Waals surface area contributed by atoms with Gasteiger partial charge in [-0.1, -0.05) is 38.1 Å². The SMILES string of the molecule is CC(C)c1ccc(COC2=COCC=C2)cc1. The first kappa shape index (κ1) is 11.8. The number of ether oxygens (including phenoxy) is 2. The second kappa shape index (κ2) is 5.58. The molecule has 0 bridgehead atoms. The third-order valence-electron chi connectivity index (χ3n) is 2.73. The summed E-state index contributed by atoms with van der Waals surface area (Å²) in [6, 6.07) is 8.54. The van der Waals surface area contributed by atoms with Crippen molar-refractivity contribution in [3.05, 3.63) is 59.6 Å². The van der Waals surface area contributed by atoms with Crippen molar-refractivity contribution in [2.75, 3.05) is 6.61 Å². The summed E-state index contributed by atoms with van der Waals surface area (Å²) in [5.74, 6) is 1.35. The molecule has 0 amide bonds. The van der Waals surface area contributed by atoms with Crippen molar-refractivity contribution in [3.63, 3.8) is 0 Å². The van der Waals surface area contributed by atoms with Gasteiger partial charge in [0.1, 0.15) is 19.5 Å². The van der Waals surface area contributed by atoms with Crippen LogP contribution in [0.1, 0.15) is 30.9 Å². The van der Waals surface area contributed by atoms with Gasteiger partial charge < -0.3 is 9.47 Å². The summed E-state index contributed by atoms with van der Waals surface area (Å²) < 4.78 is 10.8. The highest BCUT2D eigenvalue weighted by Gasteiger charge is 2.01. The zero-order valence-corrected chi connectivity index (χ0v) is 10.3. The molecule has 2 nitrogen and oxygen atoms in total. The molecule has 90 valence electrons. The molecule has 0 spiro atoms. The Kier molecular flexibility index (Phi) is 3.86. The van der Waals surface area contributed by atoms with Crippen molar-refractivity contribution in [1.29, 1.82) is 0 Å². The first-order valence-corrected chi connectivity index (χ1v) is 5.95. The average Bonchev–Trinajstić information content (AvgIpc) is 2.38. The molecule has 1 aromatic carbocycles. The predicted octanol–water partition coefficient (Wildman–Crippen LogP) is 3.75. The van der Waals surface area contributed by atoms with E-state index >= 15 is 0 Å². The lowest BCUT2D eigenvalue weighted by molar-refractivity contribution is 0.178. The molecule has 0 atom stereocenters. The molecule has 2 rings (SSSR count). The van der Waals surface area contributed by atoms with Crippen LogP contribution < -0.4 is 0 Å². The molecule has 1 aliphatic heterocycles. The van der Waals surface area contributed by atoms with Crippen LogP contribution in [0, 0.1) is 0 Å². The third-order valence-corrected chi connectivity index (χ3v) is 2.73. The van der Waals surface area contributed by atoms with Crippen LogP contribution in [-0.4, -0.2) is 6.61 Å². The molecule has 0 aliphatic carbocycles. The van der Waals surface area contributed by atoms with Gasteiger partial charge in [-0.05, 0) is 29.2 Å².